The number of amides is 1. The zero-order valence-corrected chi connectivity index (χ0v) is 17.2. The lowest BCUT2D eigenvalue weighted by Crippen LogP contribution is -2.04. The van der Waals surface area contributed by atoms with Crippen LogP contribution in [0.2, 0.25) is 0 Å². The largest absolute Gasteiger partial charge is 0.506 e. The average Bonchev–Trinajstić information content (AvgIpc) is 2.99. The third kappa shape index (κ3) is 3.55. The van der Waals surface area contributed by atoms with Crippen molar-refractivity contribution in [3.8, 4) is 16.9 Å². The summed E-state index contributed by atoms with van der Waals surface area (Å²) in [6.07, 6.45) is 6.03. The molecule has 0 saturated heterocycles. The Morgan fingerprint density at radius 1 is 1.07 bits per heavy atom. The van der Waals surface area contributed by atoms with Crippen LogP contribution in [0.1, 0.15) is 11.1 Å². The van der Waals surface area contributed by atoms with Crippen LogP contribution in [0.4, 0.5) is 5.69 Å². The predicted octanol–water partition coefficient (Wildman–Crippen LogP) is 5.56. The molecule has 1 amide bonds. The minimum Gasteiger partial charge on any atom is -0.506 e. The van der Waals surface area contributed by atoms with Crippen molar-refractivity contribution in [1.82, 2.24) is 4.98 Å². The number of hydrogen-bond acceptors (Lipinski definition) is 3. The fourth-order valence-corrected chi connectivity index (χ4v) is 4.34. The second-order valence-electron chi connectivity index (χ2n) is 6.19. The number of nitrogens with one attached hydrogen (secondary N) is 1. The number of nitrogens with zero attached hydrogens (tertiary/aromatic N) is 1. The van der Waals surface area contributed by atoms with Crippen LogP contribution in [0.5, 0.6) is 5.75 Å². The van der Waals surface area contributed by atoms with Gasteiger partial charge in [0.1, 0.15) is 5.75 Å². The Bertz CT molecular complexity index is 1060. The zero-order chi connectivity index (χ0) is 19.0. The van der Waals surface area contributed by atoms with E-state index in [1.54, 1.807) is 12.4 Å². The van der Waals surface area contributed by atoms with Crippen LogP contribution in [0.25, 0.3) is 16.7 Å². The monoisotopic (exact) mass is 484 g/mol. The minimum atomic E-state index is -0.106. The van der Waals surface area contributed by atoms with E-state index in [0.717, 1.165) is 27.9 Å². The molecule has 0 fully saturated rings. The van der Waals surface area contributed by atoms with Crippen LogP contribution in [-0.2, 0) is 11.2 Å². The molecule has 134 valence electrons. The first kappa shape index (κ1) is 17.9. The maximum absolute atomic E-state index is 12.4. The van der Waals surface area contributed by atoms with Gasteiger partial charge < -0.3 is 10.4 Å². The number of fused-ring (bicyclic) bond motifs is 1. The van der Waals surface area contributed by atoms with Crippen LogP contribution in [0.3, 0.4) is 0 Å². The van der Waals surface area contributed by atoms with E-state index in [1.165, 1.54) is 0 Å². The number of pyridine rings is 1. The Morgan fingerprint density at radius 3 is 2.56 bits per heavy atom. The topological polar surface area (TPSA) is 62.2 Å². The number of halogens is 2. The molecule has 0 saturated carbocycles. The molecule has 6 heteroatoms. The molecular formula is C21H14Br2N2O2. The van der Waals surface area contributed by atoms with Gasteiger partial charge in [0.05, 0.1) is 8.95 Å². The molecule has 1 aliphatic rings. The molecule has 0 unspecified atom stereocenters. The van der Waals surface area contributed by atoms with E-state index in [1.807, 2.05) is 48.5 Å². The average molecular weight is 486 g/mol. The van der Waals surface area contributed by atoms with E-state index < -0.39 is 0 Å². The van der Waals surface area contributed by atoms with Crippen molar-refractivity contribution < 1.29 is 9.90 Å². The molecule has 2 N–H and O–H groups in total. The van der Waals surface area contributed by atoms with Gasteiger partial charge in [0.25, 0.3) is 5.91 Å². The maximum Gasteiger partial charge on any atom is 0.256 e. The fourth-order valence-electron chi connectivity index (χ4n) is 3.06. The molecule has 0 bridgehead atoms. The first-order chi connectivity index (χ1) is 13.0. The van der Waals surface area contributed by atoms with Crippen molar-refractivity contribution in [3.63, 3.8) is 0 Å². The van der Waals surface area contributed by atoms with Gasteiger partial charge in [0.15, 0.2) is 0 Å². The second-order valence-corrected chi connectivity index (χ2v) is 7.89. The second kappa shape index (κ2) is 7.29. The number of benzene rings is 2. The van der Waals surface area contributed by atoms with Crippen LogP contribution in [-0.4, -0.2) is 16.0 Å². The van der Waals surface area contributed by atoms with E-state index >= 15 is 0 Å². The Hall–Kier alpha value is -2.44. The summed E-state index contributed by atoms with van der Waals surface area (Å²) in [6.45, 7) is 0. The summed E-state index contributed by atoms with van der Waals surface area (Å²) in [5.74, 6) is 0.0571. The number of hydrogen-bond donors (Lipinski definition) is 2. The van der Waals surface area contributed by atoms with Crippen molar-refractivity contribution in [1.29, 1.82) is 0 Å². The Labute approximate surface area is 173 Å². The molecule has 1 aliphatic heterocycles. The summed E-state index contributed by atoms with van der Waals surface area (Å²) in [6, 6.07) is 13.5. The summed E-state index contributed by atoms with van der Waals surface area (Å²) in [7, 11) is 0. The fraction of sp³-hybridized carbons (Fsp3) is 0.0476. The van der Waals surface area contributed by atoms with Crippen LogP contribution in [0.15, 0.2) is 69.9 Å². The lowest BCUT2D eigenvalue weighted by atomic mass is 9.99. The molecule has 3 aromatic rings. The van der Waals surface area contributed by atoms with Gasteiger partial charge >= 0.3 is 0 Å². The highest BCUT2D eigenvalue weighted by atomic mass is 79.9. The number of allylic oxidation sites excluding steroid dienone is 1. The zero-order valence-electron chi connectivity index (χ0n) is 14.0. The number of aromatic nitrogens is 1. The van der Waals surface area contributed by atoms with Gasteiger partial charge in [-0.1, -0.05) is 18.2 Å². The van der Waals surface area contributed by atoms with Crippen LogP contribution >= 0.6 is 31.9 Å². The molecule has 0 atom stereocenters. The number of phenolic OH excluding ortho intramolecular Hbond substituents is 1. The lowest BCUT2D eigenvalue weighted by molar-refractivity contribution is -0.110. The van der Waals surface area contributed by atoms with E-state index in [2.05, 4.69) is 42.2 Å². The summed E-state index contributed by atoms with van der Waals surface area (Å²) in [5, 5.41) is 12.8. The van der Waals surface area contributed by atoms with Gasteiger partial charge in [-0.15, -0.1) is 0 Å². The highest BCUT2D eigenvalue weighted by Gasteiger charge is 2.24. The number of anilines is 1. The molecule has 2 heterocycles. The molecule has 0 spiro atoms. The number of phenols is 1. The van der Waals surface area contributed by atoms with Crippen molar-refractivity contribution in [2.45, 2.75) is 6.42 Å². The van der Waals surface area contributed by atoms with E-state index in [9.17, 15) is 9.90 Å². The number of carbonyl (C=O) groups excluding carboxylic acids is 1. The normalized spacial score (nSPS) is 14.3. The lowest BCUT2D eigenvalue weighted by Gasteiger charge is -2.06. The SMILES string of the molecule is O=C1Nc2ccc(-c3cccnc3)cc2/C1=C/Cc1cc(Br)c(O)c(Br)c1. The van der Waals surface area contributed by atoms with Gasteiger partial charge in [-0.05, 0) is 79.7 Å². The molecule has 0 aliphatic carbocycles. The highest BCUT2D eigenvalue weighted by Crippen LogP contribution is 2.36. The van der Waals surface area contributed by atoms with Gasteiger partial charge in [0.2, 0.25) is 0 Å². The van der Waals surface area contributed by atoms with Gasteiger partial charge in [-0.2, -0.15) is 0 Å². The highest BCUT2D eigenvalue weighted by molar-refractivity contribution is 9.11. The van der Waals surface area contributed by atoms with Crippen molar-refractivity contribution >= 4 is 49.0 Å². The molecule has 27 heavy (non-hydrogen) atoms. The Kier molecular flexibility index (Phi) is 4.85. The number of carbonyl (C=O) groups is 1. The first-order valence-corrected chi connectivity index (χ1v) is 9.85. The quantitative estimate of drug-likeness (QED) is 0.477. The smallest absolute Gasteiger partial charge is 0.256 e. The van der Waals surface area contributed by atoms with Crippen molar-refractivity contribution in [2.24, 2.45) is 0 Å². The summed E-state index contributed by atoms with van der Waals surface area (Å²) in [5.41, 5.74) is 5.34. The molecule has 4 nitrogen and oxygen atoms in total. The summed E-state index contributed by atoms with van der Waals surface area (Å²) in [4.78, 5) is 16.6. The number of aromatic hydroxyl groups is 1. The predicted molar refractivity (Wildman–Crippen MR) is 113 cm³/mol. The third-order valence-corrected chi connectivity index (χ3v) is 5.62. The van der Waals surface area contributed by atoms with Crippen LogP contribution in [0, 0.1) is 0 Å². The number of rotatable bonds is 3. The third-order valence-electron chi connectivity index (χ3n) is 4.42. The Morgan fingerprint density at radius 2 is 1.85 bits per heavy atom. The molecule has 4 rings (SSSR count). The Balaban J connectivity index is 1.69. The van der Waals surface area contributed by atoms with Gasteiger partial charge in [0, 0.05) is 34.8 Å². The van der Waals surface area contributed by atoms with E-state index in [0.29, 0.717) is 20.9 Å². The van der Waals surface area contributed by atoms with E-state index in [4.69, 9.17) is 0 Å². The van der Waals surface area contributed by atoms with E-state index in [-0.39, 0.29) is 11.7 Å². The molecule has 1 aromatic heterocycles. The van der Waals surface area contributed by atoms with Crippen molar-refractivity contribution in [3.05, 3.63) is 81.0 Å². The maximum atomic E-state index is 12.4. The van der Waals surface area contributed by atoms with Gasteiger partial charge in [-0.25, -0.2) is 0 Å². The van der Waals surface area contributed by atoms with Crippen LogP contribution < -0.4 is 5.32 Å². The summed E-state index contributed by atoms with van der Waals surface area (Å²) < 4.78 is 1.22. The molecular weight excluding hydrogens is 472 g/mol. The minimum absolute atomic E-state index is 0.106. The van der Waals surface area contributed by atoms with Gasteiger partial charge in [-0.3, -0.25) is 9.78 Å². The standard InChI is InChI=1S/C21H14Br2N2O2/c22-17-8-12(9-18(23)20(17)26)3-5-15-16-10-13(14-2-1-7-24-11-14)4-6-19(16)25-21(15)27/h1-2,4-11,26H,3H2,(H,25,27)/b15-5-. The molecule has 2 aromatic carbocycles. The summed E-state index contributed by atoms with van der Waals surface area (Å²) >= 11 is 6.68. The van der Waals surface area contributed by atoms with Crippen molar-refractivity contribution in [2.75, 3.05) is 5.32 Å². The first-order valence-electron chi connectivity index (χ1n) is 8.26. The molecule has 0 radical (unpaired) electrons.